The maximum absolute atomic E-state index is 6.21. The number of halogens is 2. The molecule has 108 valence electrons. The van der Waals surface area contributed by atoms with E-state index < -0.39 is 0 Å². The van der Waals surface area contributed by atoms with Crippen molar-refractivity contribution >= 4 is 23.2 Å². The average Bonchev–Trinajstić information content (AvgIpc) is 2.31. The zero-order valence-corrected chi connectivity index (χ0v) is 13.3. The minimum atomic E-state index is 0.0886. The minimum Gasteiger partial charge on any atom is -0.490 e. The van der Waals surface area contributed by atoms with Crippen LogP contribution < -0.4 is 10.5 Å². The second-order valence-electron chi connectivity index (χ2n) is 4.90. The summed E-state index contributed by atoms with van der Waals surface area (Å²) in [6, 6.07) is 3.67. The van der Waals surface area contributed by atoms with Gasteiger partial charge in [0.2, 0.25) is 0 Å². The Morgan fingerprint density at radius 3 is 2.58 bits per heavy atom. The summed E-state index contributed by atoms with van der Waals surface area (Å²) >= 11 is 12.3. The monoisotopic (exact) mass is 304 g/mol. The molecular weight excluding hydrogens is 283 g/mol. The number of hydrogen-bond acceptors (Lipinski definition) is 3. The van der Waals surface area contributed by atoms with E-state index in [0.717, 1.165) is 18.5 Å². The second kappa shape index (κ2) is 7.95. The number of ether oxygens (including phenoxy) is 1. The summed E-state index contributed by atoms with van der Waals surface area (Å²) in [5.74, 6) is 0.705. The van der Waals surface area contributed by atoms with Crippen molar-refractivity contribution in [3.05, 3.63) is 27.7 Å². The molecule has 3 nitrogen and oxygen atoms in total. The molecule has 1 aromatic carbocycles. The van der Waals surface area contributed by atoms with Gasteiger partial charge in [-0.25, -0.2) is 0 Å². The van der Waals surface area contributed by atoms with Crippen LogP contribution in [0.5, 0.6) is 5.75 Å². The summed E-state index contributed by atoms with van der Waals surface area (Å²) in [7, 11) is 4.00. The Balaban J connectivity index is 2.86. The van der Waals surface area contributed by atoms with Crippen molar-refractivity contribution in [1.29, 1.82) is 0 Å². The van der Waals surface area contributed by atoms with Crippen LogP contribution in [0, 0.1) is 0 Å². The van der Waals surface area contributed by atoms with Gasteiger partial charge in [0.05, 0.1) is 5.02 Å². The summed E-state index contributed by atoms with van der Waals surface area (Å²) in [5, 5.41) is 1.16. The first-order valence-electron chi connectivity index (χ1n) is 6.45. The fourth-order valence-corrected chi connectivity index (χ4v) is 2.27. The molecule has 5 heteroatoms. The Morgan fingerprint density at radius 2 is 2.00 bits per heavy atom. The third kappa shape index (κ3) is 5.57. The first-order chi connectivity index (χ1) is 8.93. The van der Waals surface area contributed by atoms with E-state index in [1.165, 1.54) is 0 Å². The molecule has 0 saturated heterocycles. The van der Waals surface area contributed by atoms with Crippen LogP contribution in [0.2, 0.25) is 10.0 Å². The molecule has 2 N–H and O–H groups in total. The lowest BCUT2D eigenvalue weighted by Gasteiger charge is -2.17. The number of rotatable bonds is 7. The molecule has 0 heterocycles. The van der Waals surface area contributed by atoms with E-state index in [4.69, 9.17) is 33.7 Å². The Hall–Kier alpha value is -0.480. The fourth-order valence-electron chi connectivity index (χ4n) is 1.68. The van der Waals surface area contributed by atoms with Crippen LogP contribution >= 0.6 is 23.2 Å². The first-order valence-corrected chi connectivity index (χ1v) is 7.20. The number of likely N-dealkylation sites (N-methyl/N-ethyl adjacent to an activating group) is 1. The maximum atomic E-state index is 6.21. The van der Waals surface area contributed by atoms with E-state index in [-0.39, 0.29) is 6.04 Å². The zero-order valence-electron chi connectivity index (χ0n) is 11.7. The van der Waals surface area contributed by atoms with Gasteiger partial charge in [-0.15, -0.1) is 0 Å². The summed E-state index contributed by atoms with van der Waals surface area (Å²) in [6.45, 7) is 3.48. The first kappa shape index (κ1) is 16.6. The van der Waals surface area contributed by atoms with Gasteiger partial charge in [0.15, 0.2) is 0 Å². The van der Waals surface area contributed by atoms with Gasteiger partial charge in [0.1, 0.15) is 12.4 Å². The molecule has 0 fully saturated rings. The topological polar surface area (TPSA) is 38.5 Å². The summed E-state index contributed by atoms with van der Waals surface area (Å²) in [5.41, 5.74) is 6.98. The van der Waals surface area contributed by atoms with Crippen LogP contribution in [0.15, 0.2) is 12.1 Å². The van der Waals surface area contributed by atoms with Crippen LogP contribution in [0.25, 0.3) is 0 Å². The number of hydrogen-bond donors (Lipinski definition) is 1. The summed E-state index contributed by atoms with van der Waals surface area (Å²) in [4.78, 5) is 2.06. The van der Waals surface area contributed by atoms with Crippen LogP contribution in [0.3, 0.4) is 0 Å². The SMILES string of the molecule is CCC(N)Cc1cc(Cl)cc(Cl)c1OCCN(C)C. The molecule has 0 aromatic heterocycles. The Morgan fingerprint density at radius 1 is 1.32 bits per heavy atom. The molecule has 1 aromatic rings. The molecule has 1 atom stereocenters. The van der Waals surface area contributed by atoms with Gasteiger partial charge < -0.3 is 15.4 Å². The highest BCUT2D eigenvalue weighted by molar-refractivity contribution is 6.35. The Kier molecular flexibility index (Phi) is 6.94. The largest absolute Gasteiger partial charge is 0.490 e. The lowest BCUT2D eigenvalue weighted by atomic mass is 10.0. The third-order valence-electron chi connectivity index (χ3n) is 2.88. The van der Waals surface area contributed by atoms with Crippen LogP contribution in [-0.2, 0) is 6.42 Å². The van der Waals surface area contributed by atoms with Crippen LogP contribution in [0.1, 0.15) is 18.9 Å². The van der Waals surface area contributed by atoms with Gasteiger partial charge in [-0.1, -0.05) is 30.1 Å². The molecule has 0 saturated carbocycles. The predicted molar refractivity (Wildman–Crippen MR) is 82.5 cm³/mol. The van der Waals surface area contributed by atoms with Crippen molar-refractivity contribution in [3.63, 3.8) is 0 Å². The highest BCUT2D eigenvalue weighted by Crippen LogP contribution is 2.33. The van der Waals surface area contributed by atoms with E-state index in [1.807, 2.05) is 20.2 Å². The van der Waals surface area contributed by atoms with Crippen molar-refractivity contribution in [3.8, 4) is 5.75 Å². The summed E-state index contributed by atoms with van der Waals surface area (Å²) in [6.07, 6.45) is 1.62. The molecule has 0 bridgehead atoms. The highest BCUT2D eigenvalue weighted by atomic mass is 35.5. The molecular formula is C14H22Cl2N2O. The zero-order chi connectivity index (χ0) is 14.4. The molecule has 0 amide bonds. The fraction of sp³-hybridized carbons (Fsp3) is 0.571. The van der Waals surface area contributed by atoms with Crippen LogP contribution in [-0.4, -0.2) is 38.2 Å². The van der Waals surface area contributed by atoms with E-state index in [1.54, 1.807) is 6.07 Å². The molecule has 0 radical (unpaired) electrons. The molecule has 0 aliphatic rings. The van der Waals surface area contributed by atoms with Crippen molar-refractivity contribution in [2.24, 2.45) is 5.73 Å². The Bertz CT molecular complexity index is 411. The lowest BCUT2D eigenvalue weighted by molar-refractivity contribution is 0.259. The van der Waals surface area contributed by atoms with Crippen molar-refractivity contribution in [1.82, 2.24) is 4.90 Å². The number of nitrogens with zero attached hydrogens (tertiary/aromatic N) is 1. The van der Waals surface area contributed by atoms with Gasteiger partial charge in [-0.2, -0.15) is 0 Å². The van der Waals surface area contributed by atoms with Gasteiger partial charge in [-0.05, 0) is 44.6 Å². The normalized spacial score (nSPS) is 12.8. The van der Waals surface area contributed by atoms with Gasteiger partial charge in [0, 0.05) is 17.6 Å². The lowest BCUT2D eigenvalue weighted by Crippen LogP contribution is -2.23. The van der Waals surface area contributed by atoms with E-state index >= 15 is 0 Å². The highest BCUT2D eigenvalue weighted by Gasteiger charge is 2.13. The molecule has 1 rings (SSSR count). The maximum Gasteiger partial charge on any atom is 0.141 e. The van der Waals surface area contributed by atoms with Crippen molar-refractivity contribution < 1.29 is 4.74 Å². The number of benzene rings is 1. The van der Waals surface area contributed by atoms with Gasteiger partial charge in [0.25, 0.3) is 0 Å². The average molecular weight is 305 g/mol. The molecule has 0 spiro atoms. The minimum absolute atomic E-state index is 0.0886. The quantitative estimate of drug-likeness (QED) is 0.840. The van der Waals surface area contributed by atoms with Crippen molar-refractivity contribution in [2.75, 3.05) is 27.2 Å². The van der Waals surface area contributed by atoms with E-state index in [0.29, 0.717) is 28.8 Å². The smallest absolute Gasteiger partial charge is 0.141 e. The van der Waals surface area contributed by atoms with Gasteiger partial charge in [-0.3, -0.25) is 0 Å². The van der Waals surface area contributed by atoms with E-state index in [9.17, 15) is 0 Å². The van der Waals surface area contributed by atoms with Crippen LogP contribution in [0.4, 0.5) is 0 Å². The predicted octanol–water partition coefficient (Wildman–Crippen LogP) is 3.21. The standard InChI is InChI=1S/C14H22Cl2N2O/c1-4-12(17)8-10-7-11(15)9-13(16)14(10)19-6-5-18(2)3/h7,9,12H,4-6,8,17H2,1-3H3. The summed E-state index contributed by atoms with van der Waals surface area (Å²) < 4.78 is 5.79. The third-order valence-corrected chi connectivity index (χ3v) is 3.38. The Labute approximate surface area is 125 Å². The number of nitrogens with two attached hydrogens (primary N) is 1. The van der Waals surface area contributed by atoms with Gasteiger partial charge >= 0.3 is 0 Å². The van der Waals surface area contributed by atoms with Crippen molar-refractivity contribution in [2.45, 2.75) is 25.8 Å². The molecule has 19 heavy (non-hydrogen) atoms. The molecule has 0 aliphatic carbocycles. The molecule has 0 aliphatic heterocycles. The second-order valence-corrected chi connectivity index (χ2v) is 5.74. The van der Waals surface area contributed by atoms with E-state index in [2.05, 4.69) is 11.8 Å². The molecule has 1 unspecified atom stereocenters.